The molecule has 0 aromatic heterocycles. The molecule has 1 aliphatic heterocycles. The van der Waals surface area contributed by atoms with Gasteiger partial charge in [0.1, 0.15) is 0 Å². The Morgan fingerprint density at radius 2 is 1.58 bits per heavy atom. The summed E-state index contributed by atoms with van der Waals surface area (Å²) in [6.45, 7) is 9.93. The third-order valence-corrected chi connectivity index (χ3v) is 4.73. The number of hydrogen-bond donors (Lipinski definition) is 0. The molecule has 26 heavy (non-hydrogen) atoms. The summed E-state index contributed by atoms with van der Waals surface area (Å²) in [4.78, 5) is 14.7. The third-order valence-electron chi connectivity index (χ3n) is 4.73. The lowest BCUT2D eigenvalue weighted by Crippen LogP contribution is -2.36. The van der Waals surface area contributed by atoms with Crippen LogP contribution < -0.4 is 4.90 Å². The first-order valence-corrected chi connectivity index (χ1v) is 9.19. The molecule has 136 valence electrons. The summed E-state index contributed by atoms with van der Waals surface area (Å²) in [5, 5.41) is 0. The molecule has 3 nitrogen and oxygen atoms in total. The molecule has 0 N–H and O–H groups in total. The van der Waals surface area contributed by atoms with Crippen molar-refractivity contribution in [3.8, 4) is 0 Å². The maximum atomic E-state index is 12.4. The standard InChI is InChI=1S/C23H27NO2/c1-23(2,3)20-9-7-19(8-10-20)22(25)13-6-18-4-11-21(12-5-18)24-14-16-26-17-15-24/h4-13H,14-17H2,1-3H3/b13-6+. The summed E-state index contributed by atoms with van der Waals surface area (Å²) in [5.41, 5.74) is 4.28. The molecule has 0 saturated carbocycles. The number of allylic oxidation sites excluding steroid dienone is 1. The number of anilines is 1. The fourth-order valence-electron chi connectivity index (χ4n) is 3.02. The third kappa shape index (κ3) is 4.61. The first-order valence-electron chi connectivity index (χ1n) is 9.19. The summed E-state index contributed by atoms with van der Waals surface area (Å²) in [6, 6.07) is 16.2. The topological polar surface area (TPSA) is 29.5 Å². The number of carbonyl (C=O) groups excluding carboxylic acids is 1. The van der Waals surface area contributed by atoms with Gasteiger partial charge in [-0.15, -0.1) is 0 Å². The van der Waals surface area contributed by atoms with Gasteiger partial charge in [0.25, 0.3) is 0 Å². The van der Waals surface area contributed by atoms with E-state index in [9.17, 15) is 4.79 Å². The maximum absolute atomic E-state index is 12.4. The van der Waals surface area contributed by atoms with E-state index in [4.69, 9.17) is 4.74 Å². The molecular weight excluding hydrogens is 322 g/mol. The van der Waals surface area contributed by atoms with Gasteiger partial charge in [-0.05, 0) is 34.8 Å². The van der Waals surface area contributed by atoms with Crippen LogP contribution in [0, 0.1) is 0 Å². The number of carbonyl (C=O) groups is 1. The quantitative estimate of drug-likeness (QED) is 0.591. The highest BCUT2D eigenvalue weighted by Crippen LogP contribution is 2.22. The average Bonchev–Trinajstić information content (AvgIpc) is 2.66. The summed E-state index contributed by atoms with van der Waals surface area (Å²) < 4.78 is 5.39. The fraction of sp³-hybridized carbons (Fsp3) is 0.348. The van der Waals surface area contributed by atoms with Crippen LogP contribution in [-0.2, 0) is 10.2 Å². The van der Waals surface area contributed by atoms with Gasteiger partial charge < -0.3 is 9.64 Å². The van der Waals surface area contributed by atoms with Crippen molar-refractivity contribution in [1.82, 2.24) is 0 Å². The zero-order chi connectivity index (χ0) is 18.6. The van der Waals surface area contributed by atoms with Crippen molar-refractivity contribution in [2.45, 2.75) is 26.2 Å². The van der Waals surface area contributed by atoms with Gasteiger partial charge >= 0.3 is 0 Å². The first-order chi connectivity index (χ1) is 12.4. The van der Waals surface area contributed by atoms with Crippen molar-refractivity contribution >= 4 is 17.5 Å². The molecule has 3 rings (SSSR count). The van der Waals surface area contributed by atoms with E-state index in [2.05, 4.69) is 49.9 Å². The Morgan fingerprint density at radius 1 is 0.962 bits per heavy atom. The molecule has 1 aliphatic rings. The zero-order valence-corrected chi connectivity index (χ0v) is 15.9. The van der Waals surface area contributed by atoms with E-state index in [-0.39, 0.29) is 11.2 Å². The Labute approximate surface area is 156 Å². The van der Waals surface area contributed by atoms with E-state index in [1.807, 2.05) is 30.3 Å². The van der Waals surface area contributed by atoms with Crippen LogP contribution in [0.4, 0.5) is 5.69 Å². The highest BCUT2D eigenvalue weighted by atomic mass is 16.5. The highest BCUT2D eigenvalue weighted by molar-refractivity contribution is 6.06. The van der Waals surface area contributed by atoms with Crippen molar-refractivity contribution in [1.29, 1.82) is 0 Å². The lowest BCUT2D eigenvalue weighted by molar-refractivity contribution is 0.104. The number of ketones is 1. The summed E-state index contributed by atoms with van der Waals surface area (Å²) in [6.07, 6.45) is 3.53. The Balaban J connectivity index is 1.64. The summed E-state index contributed by atoms with van der Waals surface area (Å²) >= 11 is 0. The lowest BCUT2D eigenvalue weighted by Gasteiger charge is -2.28. The SMILES string of the molecule is CC(C)(C)c1ccc(C(=O)/C=C/c2ccc(N3CCOCC3)cc2)cc1. The van der Waals surface area contributed by atoms with Crippen LogP contribution >= 0.6 is 0 Å². The first kappa shape index (κ1) is 18.4. The molecule has 0 atom stereocenters. The molecule has 0 bridgehead atoms. The fourth-order valence-corrected chi connectivity index (χ4v) is 3.02. The lowest BCUT2D eigenvalue weighted by atomic mass is 9.86. The predicted molar refractivity (Wildman–Crippen MR) is 108 cm³/mol. The second-order valence-corrected chi connectivity index (χ2v) is 7.72. The van der Waals surface area contributed by atoms with Gasteiger partial charge in [-0.1, -0.05) is 63.2 Å². The van der Waals surface area contributed by atoms with E-state index >= 15 is 0 Å². The van der Waals surface area contributed by atoms with E-state index in [1.54, 1.807) is 6.08 Å². The van der Waals surface area contributed by atoms with Crippen LogP contribution in [0.2, 0.25) is 0 Å². The van der Waals surface area contributed by atoms with Crippen molar-refractivity contribution in [2.24, 2.45) is 0 Å². The highest BCUT2D eigenvalue weighted by Gasteiger charge is 2.14. The summed E-state index contributed by atoms with van der Waals surface area (Å²) in [7, 11) is 0. The van der Waals surface area contributed by atoms with Crippen LogP contribution in [0.1, 0.15) is 42.3 Å². The molecule has 0 aliphatic carbocycles. The van der Waals surface area contributed by atoms with Crippen molar-refractivity contribution in [3.63, 3.8) is 0 Å². The molecule has 3 heteroatoms. The Hall–Kier alpha value is -2.39. The van der Waals surface area contributed by atoms with Crippen LogP contribution in [0.15, 0.2) is 54.6 Å². The minimum absolute atomic E-state index is 0.0303. The predicted octanol–water partition coefficient (Wildman–Crippen LogP) is 4.72. The normalized spacial score (nSPS) is 15.4. The van der Waals surface area contributed by atoms with E-state index in [0.29, 0.717) is 0 Å². The average molecular weight is 349 g/mol. The number of hydrogen-bond acceptors (Lipinski definition) is 3. The van der Waals surface area contributed by atoms with Gasteiger partial charge in [0.2, 0.25) is 0 Å². The van der Waals surface area contributed by atoms with E-state index in [1.165, 1.54) is 11.3 Å². The molecule has 2 aromatic rings. The summed E-state index contributed by atoms with van der Waals surface area (Å²) in [5.74, 6) is 0.0303. The largest absolute Gasteiger partial charge is 0.378 e. The smallest absolute Gasteiger partial charge is 0.185 e. The van der Waals surface area contributed by atoms with Crippen molar-refractivity contribution < 1.29 is 9.53 Å². The van der Waals surface area contributed by atoms with Gasteiger partial charge in [-0.3, -0.25) is 4.79 Å². The molecule has 1 fully saturated rings. The number of morpholine rings is 1. The molecular formula is C23H27NO2. The zero-order valence-electron chi connectivity index (χ0n) is 15.9. The van der Waals surface area contributed by atoms with Gasteiger partial charge in [-0.25, -0.2) is 0 Å². The second-order valence-electron chi connectivity index (χ2n) is 7.72. The molecule has 1 heterocycles. The van der Waals surface area contributed by atoms with Crippen LogP contribution in [-0.4, -0.2) is 32.1 Å². The van der Waals surface area contributed by atoms with Gasteiger partial charge in [0.15, 0.2) is 5.78 Å². The van der Waals surface area contributed by atoms with Crippen LogP contribution in [0.5, 0.6) is 0 Å². The Morgan fingerprint density at radius 3 is 2.15 bits per heavy atom. The minimum atomic E-state index is 0.0303. The van der Waals surface area contributed by atoms with Crippen LogP contribution in [0.3, 0.4) is 0 Å². The molecule has 0 radical (unpaired) electrons. The number of benzene rings is 2. The number of nitrogens with zero attached hydrogens (tertiary/aromatic N) is 1. The number of ether oxygens (including phenoxy) is 1. The van der Waals surface area contributed by atoms with E-state index in [0.717, 1.165) is 37.4 Å². The molecule has 0 unspecified atom stereocenters. The Bertz CT molecular complexity index is 761. The monoisotopic (exact) mass is 349 g/mol. The molecule has 1 saturated heterocycles. The van der Waals surface area contributed by atoms with Gasteiger partial charge in [0, 0.05) is 24.3 Å². The second kappa shape index (κ2) is 7.88. The van der Waals surface area contributed by atoms with Gasteiger partial charge in [-0.2, -0.15) is 0 Å². The number of rotatable bonds is 4. The maximum Gasteiger partial charge on any atom is 0.185 e. The minimum Gasteiger partial charge on any atom is -0.378 e. The molecule has 0 amide bonds. The molecule has 2 aromatic carbocycles. The van der Waals surface area contributed by atoms with Gasteiger partial charge in [0.05, 0.1) is 13.2 Å². The Kier molecular flexibility index (Phi) is 5.58. The van der Waals surface area contributed by atoms with Crippen molar-refractivity contribution in [3.05, 3.63) is 71.3 Å². The molecule has 0 spiro atoms. The van der Waals surface area contributed by atoms with Crippen molar-refractivity contribution in [2.75, 3.05) is 31.2 Å². The van der Waals surface area contributed by atoms with E-state index < -0.39 is 0 Å². The van der Waals surface area contributed by atoms with Crippen LogP contribution in [0.25, 0.3) is 6.08 Å².